The molecule has 0 aliphatic carbocycles. The number of hydrogen-bond acceptors (Lipinski definition) is 4. The van der Waals surface area contributed by atoms with Crippen LogP contribution in [0.3, 0.4) is 0 Å². The molecule has 3 rings (SSSR count). The van der Waals surface area contributed by atoms with Gasteiger partial charge in [-0.2, -0.15) is 0 Å². The summed E-state index contributed by atoms with van der Waals surface area (Å²) in [5.74, 6) is 1.89. The van der Waals surface area contributed by atoms with E-state index < -0.39 is 0 Å². The van der Waals surface area contributed by atoms with Gasteiger partial charge < -0.3 is 14.2 Å². The van der Waals surface area contributed by atoms with Crippen LogP contribution in [0.5, 0.6) is 17.2 Å². The highest BCUT2D eigenvalue weighted by Crippen LogP contribution is 2.39. The van der Waals surface area contributed by atoms with E-state index in [9.17, 15) is 4.79 Å². The molecule has 0 aromatic heterocycles. The van der Waals surface area contributed by atoms with Gasteiger partial charge in [0.1, 0.15) is 22.8 Å². The molecular weight excluding hydrogens is 328 g/mol. The van der Waals surface area contributed by atoms with Crippen molar-refractivity contribution in [3.8, 4) is 17.2 Å². The van der Waals surface area contributed by atoms with Gasteiger partial charge in [0.25, 0.3) is 0 Å². The van der Waals surface area contributed by atoms with Gasteiger partial charge in [-0.1, -0.05) is 18.2 Å². The largest absolute Gasteiger partial charge is 0.497 e. The number of carbonyl (C=O) groups excluding carboxylic acids is 1. The molecule has 134 valence electrons. The molecule has 0 unspecified atom stereocenters. The van der Waals surface area contributed by atoms with Crippen LogP contribution in [-0.4, -0.2) is 25.6 Å². The van der Waals surface area contributed by atoms with Crippen LogP contribution in [0.2, 0.25) is 0 Å². The monoisotopic (exact) mass is 350 g/mol. The van der Waals surface area contributed by atoms with Gasteiger partial charge in [0.15, 0.2) is 5.78 Å². The summed E-state index contributed by atoms with van der Waals surface area (Å²) in [4.78, 5) is 12.7. The highest BCUT2D eigenvalue weighted by Gasteiger charge is 2.26. The molecule has 26 heavy (non-hydrogen) atoms. The third-order valence-electron chi connectivity index (χ3n) is 4.19. The molecule has 1 aliphatic heterocycles. The van der Waals surface area contributed by atoms with Crippen molar-refractivity contribution in [2.75, 3.05) is 14.2 Å². The van der Waals surface area contributed by atoms with Crippen molar-refractivity contribution in [2.24, 2.45) is 0 Å². The summed E-state index contributed by atoms with van der Waals surface area (Å²) < 4.78 is 16.6. The number of carbonyl (C=O) groups is 1. The van der Waals surface area contributed by atoms with Gasteiger partial charge in [0.2, 0.25) is 0 Å². The molecule has 1 heterocycles. The normalized spacial score (nSPS) is 14.6. The molecule has 4 nitrogen and oxygen atoms in total. The Balaban J connectivity index is 1.88. The second kappa shape index (κ2) is 7.08. The van der Waals surface area contributed by atoms with Crippen LogP contribution in [0.1, 0.15) is 35.3 Å². The summed E-state index contributed by atoms with van der Waals surface area (Å²) in [5, 5.41) is 0. The van der Waals surface area contributed by atoms with Crippen molar-refractivity contribution in [2.45, 2.75) is 19.4 Å². The lowest BCUT2D eigenvalue weighted by atomic mass is 9.98. The third-order valence-corrected chi connectivity index (χ3v) is 4.19. The Labute approximate surface area is 153 Å². The Bertz CT molecular complexity index is 874. The lowest BCUT2D eigenvalue weighted by Gasteiger charge is -2.29. The zero-order valence-corrected chi connectivity index (χ0v) is 15.4. The van der Waals surface area contributed by atoms with Crippen LogP contribution >= 0.6 is 0 Å². The van der Waals surface area contributed by atoms with Gasteiger partial charge in [-0.25, -0.2) is 0 Å². The standard InChI is InChI=1S/C22H22O4/c1-22(2)14-13-18-20(26-22)12-10-17(21(18)25-4)19(23)11-7-15-5-8-16(24-3)9-6-15/h5-14H,1-4H3/b11-7+. The van der Waals surface area contributed by atoms with Crippen molar-refractivity contribution in [3.05, 3.63) is 65.2 Å². The van der Waals surface area contributed by atoms with Gasteiger partial charge in [-0.3, -0.25) is 4.79 Å². The lowest BCUT2D eigenvalue weighted by molar-refractivity contribution is 0.104. The van der Waals surface area contributed by atoms with Gasteiger partial charge in [0, 0.05) is 0 Å². The third kappa shape index (κ3) is 3.64. The average Bonchev–Trinajstić information content (AvgIpc) is 2.64. The van der Waals surface area contributed by atoms with Crippen molar-refractivity contribution in [3.63, 3.8) is 0 Å². The molecule has 0 spiro atoms. The molecular formula is C22H22O4. The first-order valence-corrected chi connectivity index (χ1v) is 8.39. The van der Waals surface area contributed by atoms with E-state index in [4.69, 9.17) is 14.2 Å². The van der Waals surface area contributed by atoms with E-state index in [1.165, 1.54) is 0 Å². The molecule has 0 amide bonds. The molecule has 4 heteroatoms. The Kier molecular flexibility index (Phi) is 4.85. The van der Waals surface area contributed by atoms with Crippen LogP contribution in [0.15, 0.2) is 48.6 Å². The SMILES string of the molecule is COc1ccc(/C=C/C(=O)c2ccc3c(c2OC)C=CC(C)(C)O3)cc1. The maximum atomic E-state index is 12.7. The fourth-order valence-electron chi connectivity index (χ4n) is 2.82. The van der Waals surface area contributed by atoms with E-state index in [0.717, 1.165) is 16.9 Å². The first kappa shape index (κ1) is 17.8. The Morgan fingerprint density at radius 2 is 1.77 bits per heavy atom. The number of hydrogen-bond donors (Lipinski definition) is 0. The summed E-state index contributed by atoms with van der Waals surface area (Å²) in [7, 11) is 3.18. The molecule has 0 radical (unpaired) electrons. The number of rotatable bonds is 5. The number of ketones is 1. The van der Waals surface area contributed by atoms with Crippen molar-refractivity contribution in [1.82, 2.24) is 0 Å². The second-order valence-corrected chi connectivity index (χ2v) is 6.57. The summed E-state index contributed by atoms with van der Waals surface area (Å²) >= 11 is 0. The van der Waals surface area contributed by atoms with E-state index in [1.54, 1.807) is 32.4 Å². The number of ether oxygens (including phenoxy) is 3. The number of allylic oxidation sites excluding steroid dienone is 1. The summed E-state index contributed by atoms with van der Waals surface area (Å²) in [6.07, 6.45) is 7.22. The van der Waals surface area contributed by atoms with Gasteiger partial charge in [-0.15, -0.1) is 0 Å². The predicted octanol–water partition coefficient (Wildman–Crippen LogP) is 4.78. The fourth-order valence-corrected chi connectivity index (χ4v) is 2.82. The lowest BCUT2D eigenvalue weighted by Crippen LogP contribution is -2.27. The molecule has 0 bridgehead atoms. The molecule has 0 N–H and O–H groups in total. The quantitative estimate of drug-likeness (QED) is 0.575. The second-order valence-electron chi connectivity index (χ2n) is 6.57. The van der Waals surface area contributed by atoms with Gasteiger partial charge in [-0.05, 0) is 61.9 Å². The van der Waals surface area contributed by atoms with E-state index in [2.05, 4.69) is 0 Å². The molecule has 1 aliphatic rings. The zero-order chi connectivity index (χ0) is 18.7. The number of benzene rings is 2. The first-order valence-electron chi connectivity index (χ1n) is 8.39. The predicted molar refractivity (Wildman–Crippen MR) is 103 cm³/mol. The molecule has 2 aromatic rings. The van der Waals surface area contributed by atoms with E-state index in [0.29, 0.717) is 17.1 Å². The minimum atomic E-state index is -0.377. The Hall–Kier alpha value is -3.01. The summed E-state index contributed by atoms with van der Waals surface area (Å²) in [5.41, 5.74) is 1.83. The van der Waals surface area contributed by atoms with Crippen molar-refractivity contribution >= 4 is 17.9 Å². The molecule has 0 fully saturated rings. The number of methoxy groups -OCH3 is 2. The topological polar surface area (TPSA) is 44.8 Å². The average molecular weight is 350 g/mol. The summed E-state index contributed by atoms with van der Waals surface area (Å²) in [6.45, 7) is 3.96. The first-order chi connectivity index (χ1) is 12.4. The molecule has 0 atom stereocenters. The Morgan fingerprint density at radius 1 is 1.04 bits per heavy atom. The maximum absolute atomic E-state index is 12.7. The minimum Gasteiger partial charge on any atom is -0.497 e. The molecule has 2 aromatic carbocycles. The number of fused-ring (bicyclic) bond motifs is 1. The van der Waals surface area contributed by atoms with E-state index in [-0.39, 0.29) is 11.4 Å². The van der Waals surface area contributed by atoms with Gasteiger partial charge >= 0.3 is 0 Å². The van der Waals surface area contributed by atoms with Crippen molar-refractivity contribution in [1.29, 1.82) is 0 Å². The Morgan fingerprint density at radius 3 is 2.42 bits per heavy atom. The highest BCUT2D eigenvalue weighted by molar-refractivity contribution is 6.09. The van der Waals surface area contributed by atoms with Crippen LogP contribution < -0.4 is 14.2 Å². The van der Waals surface area contributed by atoms with E-state index >= 15 is 0 Å². The molecule has 0 saturated carbocycles. The van der Waals surface area contributed by atoms with E-state index in [1.807, 2.05) is 56.3 Å². The maximum Gasteiger partial charge on any atom is 0.189 e. The fraction of sp³-hybridized carbons (Fsp3) is 0.227. The van der Waals surface area contributed by atoms with Crippen LogP contribution in [0, 0.1) is 0 Å². The highest BCUT2D eigenvalue weighted by atomic mass is 16.5. The minimum absolute atomic E-state index is 0.126. The van der Waals surface area contributed by atoms with Crippen LogP contribution in [-0.2, 0) is 0 Å². The van der Waals surface area contributed by atoms with Crippen molar-refractivity contribution < 1.29 is 19.0 Å². The van der Waals surface area contributed by atoms with Crippen LogP contribution in [0.4, 0.5) is 0 Å². The van der Waals surface area contributed by atoms with Gasteiger partial charge in [0.05, 0.1) is 25.3 Å². The zero-order valence-electron chi connectivity index (χ0n) is 15.4. The van der Waals surface area contributed by atoms with Crippen LogP contribution in [0.25, 0.3) is 12.2 Å². The smallest absolute Gasteiger partial charge is 0.189 e. The summed E-state index contributed by atoms with van der Waals surface area (Å²) in [6, 6.07) is 11.1. The molecule has 0 saturated heterocycles.